The van der Waals surface area contributed by atoms with Crippen LogP contribution in [-0.2, 0) is 4.79 Å². The van der Waals surface area contributed by atoms with Crippen LogP contribution in [0.5, 0.6) is 5.75 Å². The average molecular weight is 348 g/mol. The van der Waals surface area contributed by atoms with Crippen LogP contribution in [0.3, 0.4) is 0 Å². The second-order valence-corrected chi connectivity index (χ2v) is 5.49. The van der Waals surface area contributed by atoms with Gasteiger partial charge in [-0.05, 0) is 36.8 Å². The third-order valence-corrected chi connectivity index (χ3v) is 3.28. The monoisotopic (exact) mass is 347 g/mol. The van der Waals surface area contributed by atoms with Crippen molar-refractivity contribution in [2.75, 3.05) is 19.7 Å². The number of pyridine rings is 1. The van der Waals surface area contributed by atoms with Gasteiger partial charge in [0.25, 0.3) is 5.91 Å². The molecule has 2 rings (SSSR count). The molecule has 1 aromatic heterocycles. The number of carbonyl (C=O) groups excluding carboxylic acids is 2. The zero-order valence-corrected chi connectivity index (χ0v) is 14.0. The molecule has 2 amide bonds. The third kappa shape index (κ3) is 5.89. The van der Waals surface area contributed by atoms with Crippen LogP contribution in [0.2, 0.25) is 5.02 Å². The number of carbonyl (C=O) groups is 2. The van der Waals surface area contributed by atoms with Gasteiger partial charge in [0, 0.05) is 11.2 Å². The molecule has 0 fully saturated rings. The molecule has 7 heteroatoms. The molecule has 0 unspecified atom stereocenters. The summed E-state index contributed by atoms with van der Waals surface area (Å²) >= 11 is 5.78. The number of hydrogen-bond acceptors (Lipinski definition) is 4. The maximum absolute atomic E-state index is 11.8. The van der Waals surface area contributed by atoms with Gasteiger partial charge in [-0.15, -0.1) is 0 Å². The van der Waals surface area contributed by atoms with Crippen molar-refractivity contribution in [2.24, 2.45) is 0 Å². The van der Waals surface area contributed by atoms with Crippen LogP contribution in [0.25, 0.3) is 0 Å². The van der Waals surface area contributed by atoms with Crippen molar-refractivity contribution >= 4 is 23.4 Å². The molecule has 0 atom stereocenters. The summed E-state index contributed by atoms with van der Waals surface area (Å²) in [6.45, 7) is 2.53. The molecule has 0 saturated heterocycles. The standard InChI is InChI=1S/C17H18ClN3O3/c1-12-3-2-4-14(9-12)24-8-7-20-16(22)11-21-17(23)15-10-13(18)5-6-19-15/h2-6,9-10H,7-8,11H2,1H3,(H,20,22)(H,21,23). The number of nitrogens with zero attached hydrogens (tertiary/aromatic N) is 1. The first-order valence-electron chi connectivity index (χ1n) is 7.40. The Labute approximate surface area is 145 Å². The fraction of sp³-hybridized carbons (Fsp3) is 0.235. The van der Waals surface area contributed by atoms with E-state index in [-0.39, 0.29) is 18.1 Å². The summed E-state index contributed by atoms with van der Waals surface area (Å²) in [5.74, 6) is -0.00790. The van der Waals surface area contributed by atoms with Gasteiger partial charge in [0.15, 0.2) is 0 Å². The van der Waals surface area contributed by atoms with E-state index in [0.717, 1.165) is 11.3 Å². The Balaban J connectivity index is 1.65. The van der Waals surface area contributed by atoms with Gasteiger partial charge in [-0.1, -0.05) is 23.7 Å². The number of ether oxygens (including phenoxy) is 1. The zero-order valence-electron chi connectivity index (χ0n) is 13.2. The van der Waals surface area contributed by atoms with Crippen molar-refractivity contribution in [3.8, 4) is 5.75 Å². The Hall–Kier alpha value is -2.60. The van der Waals surface area contributed by atoms with E-state index in [2.05, 4.69) is 15.6 Å². The fourth-order valence-corrected chi connectivity index (χ4v) is 2.07. The SMILES string of the molecule is Cc1cccc(OCCNC(=O)CNC(=O)c2cc(Cl)ccn2)c1. The van der Waals surface area contributed by atoms with Crippen molar-refractivity contribution in [3.63, 3.8) is 0 Å². The van der Waals surface area contributed by atoms with Gasteiger partial charge >= 0.3 is 0 Å². The van der Waals surface area contributed by atoms with Gasteiger partial charge < -0.3 is 15.4 Å². The Bertz CT molecular complexity index is 722. The Morgan fingerprint density at radius 1 is 1.21 bits per heavy atom. The number of halogens is 1. The predicted molar refractivity (Wildman–Crippen MR) is 91.3 cm³/mol. The second kappa shape index (κ2) is 8.88. The fourth-order valence-electron chi connectivity index (χ4n) is 1.91. The summed E-state index contributed by atoms with van der Waals surface area (Å²) in [5, 5.41) is 5.55. The lowest BCUT2D eigenvalue weighted by Crippen LogP contribution is -2.38. The van der Waals surface area contributed by atoms with Gasteiger partial charge in [0.1, 0.15) is 18.1 Å². The maximum Gasteiger partial charge on any atom is 0.270 e. The number of rotatable bonds is 7. The summed E-state index contributed by atoms with van der Waals surface area (Å²) in [6.07, 6.45) is 1.43. The number of hydrogen-bond donors (Lipinski definition) is 2. The quantitative estimate of drug-likeness (QED) is 0.750. The normalized spacial score (nSPS) is 10.1. The smallest absolute Gasteiger partial charge is 0.270 e. The van der Waals surface area contributed by atoms with Crippen molar-refractivity contribution in [2.45, 2.75) is 6.92 Å². The molecule has 0 bridgehead atoms. The molecule has 126 valence electrons. The lowest BCUT2D eigenvalue weighted by atomic mass is 10.2. The molecule has 0 saturated carbocycles. The van der Waals surface area contributed by atoms with E-state index in [1.807, 2.05) is 31.2 Å². The minimum absolute atomic E-state index is 0.141. The van der Waals surface area contributed by atoms with Crippen LogP contribution >= 0.6 is 11.6 Å². The van der Waals surface area contributed by atoms with Gasteiger partial charge in [-0.3, -0.25) is 14.6 Å². The summed E-state index contributed by atoms with van der Waals surface area (Å²) in [6, 6.07) is 10.7. The van der Waals surface area contributed by atoms with Crippen molar-refractivity contribution in [1.29, 1.82) is 0 Å². The minimum atomic E-state index is -0.455. The molecule has 0 spiro atoms. The molecule has 0 aliphatic carbocycles. The predicted octanol–water partition coefficient (Wildman–Crippen LogP) is 1.97. The molecule has 0 aliphatic rings. The second-order valence-electron chi connectivity index (χ2n) is 5.06. The number of aromatic nitrogens is 1. The van der Waals surface area contributed by atoms with Crippen LogP contribution in [0.4, 0.5) is 0 Å². The lowest BCUT2D eigenvalue weighted by Gasteiger charge is -2.09. The van der Waals surface area contributed by atoms with Crippen LogP contribution in [0.1, 0.15) is 16.1 Å². The van der Waals surface area contributed by atoms with E-state index < -0.39 is 5.91 Å². The Kier molecular flexibility index (Phi) is 6.57. The average Bonchev–Trinajstić information content (AvgIpc) is 2.56. The Morgan fingerprint density at radius 3 is 2.79 bits per heavy atom. The summed E-state index contributed by atoms with van der Waals surface area (Å²) in [4.78, 5) is 27.4. The van der Waals surface area contributed by atoms with E-state index in [0.29, 0.717) is 18.2 Å². The van der Waals surface area contributed by atoms with Crippen molar-refractivity contribution in [3.05, 3.63) is 58.9 Å². The van der Waals surface area contributed by atoms with Gasteiger partial charge in [0.2, 0.25) is 5.91 Å². The number of amides is 2. The van der Waals surface area contributed by atoms with E-state index in [4.69, 9.17) is 16.3 Å². The molecule has 1 heterocycles. The lowest BCUT2D eigenvalue weighted by molar-refractivity contribution is -0.120. The highest BCUT2D eigenvalue weighted by Gasteiger charge is 2.09. The van der Waals surface area contributed by atoms with E-state index in [1.54, 1.807) is 6.07 Å². The zero-order chi connectivity index (χ0) is 17.4. The van der Waals surface area contributed by atoms with E-state index in [9.17, 15) is 9.59 Å². The van der Waals surface area contributed by atoms with Gasteiger partial charge in [-0.25, -0.2) is 0 Å². The highest BCUT2D eigenvalue weighted by Crippen LogP contribution is 2.11. The highest BCUT2D eigenvalue weighted by atomic mass is 35.5. The van der Waals surface area contributed by atoms with Crippen LogP contribution in [-0.4, -0.2) is 36.5 Å². The molecule has 24 heavy (non-hydrogen) atoms. The minimum Gasteiger partial charge on any atom is -0.492 e. The first kappa shape index (κ1) is 17.7. The molecule has 1 aromatic carbocycles. The molecule has 2 N–H and O–H groups in total. The molecule has 6 nitrogen and oxygen atoms in total. The van der Waals surface area contributed by atoms with Gasteiger partial charge in [-0.2, -0.15) is 0 Å². The third-order valence-electron chi connectivity index (χ3n) is 3.05. The molecular weight excluding hydrogens is 330 g/mol. The molecule has 0 aliphatic heterocycles. The first-order valence-corrected chi connectivity index (χ1v) is 7.78. The Morgan fingerprint density at radius 2 is 2.04 bits per heavy atom. The molecular formula is C17H18ClN3O3. The van der Waals surface area contributed by atoms with Crippen LogP contribution in [0.15, 0.2) is 42.6 Å². The highest BCUT2D eigenvalue weighted by molar-refractivity contribution is 6.30. The summed E-state index contributed by atoms with van der Waals surface area (Å²) in [7, 11) is 0. The van der Waals surface area contributed by atoms with Gasteiger partial charge in [0.05, 0.1) is 13.1 Å². The van der Waals surface area contributed by atoms with Crippen molar-refractivity contribution < 1.29 is 14.3 Å². The molecule has 2 aromatic rings. The van der Waals surface area contributed by atoms with E-state index in [1.165, 1.54) is 12.3 Å². The number of benzene rings is 1. The summed E-state index contributed by atoms with van der Waals surface area (Å²) < 4.78 is 5.52. The van der Waals surface area contributed by atoms with Crippen LogP contribution in [0, 0.1) is 6.92 Å². The van der Waals surface area contributed by atoms with E-state index >= 15 is 0 Å². The number of nitrogens with one attached hydrogen (secondary N) is 2. The number of aryl methyl sites for hydroxylation is 1. The topological polar surface area (TPSA) is 80.3 Å². The van der Waals surface area contributed by atoms with Crippen LogP contribution < -0.4 is 15.4 Å². The van der Waals surface area contributed by atoms with Crippen molar-refractivity contribution in [1.82, 2.24) is 15.6 Å². The summed E-state index contributed by atoms with van der Waals surface area (Å²) in [5.41, 5.74) is 1.27. The maximum atomic E-state index is 11.8. The first-order chi connectivity index (χ1) is 11.5. The molecule has 0 radical (unpaired) electrons. The largest absolute Gasteiger partial charge is 0.492 e.